The number of rotatable bonds is 5. The van der Waals surface area contributed by atoms with Crippen LogP contribution in [0.25, 0.3) is 5.65 Å². The van der Waals surface area contributed by atoms with Gasteiger partial charge in [0.2, 0.25) is 5.91 Å². The molecule has 24 heavy (non-hydrogen) atoms. The molecule has 0 spiro atoms. The molecule has 7 heteroatoms. The first-order chi connectivity index (χ1) is 11.6. The van der Waals surface area contributed by atoms with Crippen molar-refractivity contribution in [3.05, 3.63) is 65.9 Å². The summed E-state index contributed by atoms with van der Waals surface area (Å²) >= 11 is 0. The van der Waals surface area contributed by atoms with E-state index in [0.29, 0.717) is 12.2 Å². The van der Waals surface area contributed by atoms with E-state index < -0.39 is 6.04 Å². The first-order valence-electron chi connectivity index (χ1n) is 7.53. The second-order valence-electron chi connectivity index (χ2n) is 5.69. The Morgan fingerprint density at radius 2 is 2.08 bits per heavy atom. The van der Waals surface area contributed by atoms with Gasteiger partial charge in [-0.05, 0) is 37.9 Å². The summed E-state index contributed by atoms with van der Waals surface area (Å²) in [5.41, 5.74) is 2.28. The molecule has 0 aliphatic carbocycles. The van der Waals surface area contributed by atoms with Crippen LogP contribution in [0, 0.1) is 5.82 Å². The molecule has 0 aliphatic heterocycles. The van der Waals surface area contributed by atoms with Crippen molar-refractivity contribution in [1.29, 1.82) is 0 Å². The van der Waals surface area contributed by atoms with E-state index >= 15 is 0 Å². The van der Waals surface area contributed by atoms with Crippen LogP contribution in [0.3, 0.4) is 0 Å². The van der Waals surface area contributed by atoms with E-state index in [2.05, 4.69) is 15.4 Å². The van der Waals surface area contributed by atoms with Crippen LogP contribution in [0.1, 0.15) is 17.2 Å². The maximum atomic E-state index is 13.1. The summed E-state index contributed by atoms with van der Waals surface area (Å²) in [4.78, 5) is 18.7. The largest absolute Gasteiger partial charge is 0.350 e. The smallest absolute Gasteiger partial charge is 0.242 e. The van der Waals surface area contributed by atoms with Gasteiger partial charge in [0.25, 0.3) is 0 Å². The molecule has 1 N–H and O–H groups in total. The molecule has 0 saturated heterocycles. The Hall–Kier alpha value is -2.80. The SMILES string of the molecule is CN(C)[C@H](C(=O)NCc1cnn2cccnc12)c1ccc(F)cc1. The van der Waals surface area contributed by atoms with E-state index in [0.717, 1.165) is 11.1 Å². The Balaban J connectivity index is 1.75. The number of likely N-dealkylation sites (N-methyl/N-ethyl adjacent to an activating group) is 1. The van der Waals surface area contributed by atoms with E-state index in [1.54, 1.807) is 46.2 Å². The Bertz CT molecular complexity index is 844. The third-order valence-corrected chi connectivity index (χ3v) is 3.76. The van der Waals surface area contributed by atoms with Gasteiger partial charge in [0.05, 0.1) is 6.20 Å². The molecule has 0 unspecified atom stereocenters. The van der Waals surface area contributed by atoms with Crippen molar-refractivity contribution in [2.24, 2.45) is 0 Å². The van der Waals surface area contributed by atoms with Crippen LogP contribution in [-0.4, -0.2) is 39.5 Å². The molecule has 3 aromatic rings. The van der Waals surface area contributed by atoms with Gasteiger partial charge >= 0.3 is 0 Å². The van der Waals surface area contributed by atoms with E-state index in [-0.39, 0.29) is 11.7 Å². The number of hydrogen-bond acceptors (Lipinski definition) is 4. The molecular formula is C17H18FN5O. The fourth-order valence-corrected chi connectivity index (χ4v) is 2.61. The second-order valence-corrected chi connectivity index (χ2v) is 5.69. The van der Waals surface area contributed by atoms with Gasteiger partial charge in [0, 0.05) is 24.5 Å². The molecule has 0 aliphatic rings. The second kappa shape index (κ2) is 6.76. The summed E-state index contributed by atoms with van der Waals surface area (Å²) in [6.45, 7) is 0.324. The Labute approximate surface area is 138 Å². The lowest BCUT2D eigenvalue weighted by molar-refractivity contribution is -0.125. The van der Waals surface area contributed by atoms with Crippen molar-refractivity contribution in [3.63, 3.8) is 0 Å². The highest BCUT2D eigenvalue weighted by Crippen LogP contribution is 2.19. The van der Waals surface area contributed by atoms with E-state index in [1.807, 2.05) is 14.1 Å². The maximum Gasteiger partial charge on any atom is 0.242 e. The van der Waals surface area contributed by atoms with Crippen LogP contribution in [-0.2, 0) is 11.3 Å². The number of hydrogen-bond donors (Lipinski definition) is 1. The first kappa shape index (κ1) is 16.1. The topological polar surface area (TPSA) is 62.5 Å². The standard InChI is InChI=1S/C17H18FN5O/c1-22(2)15(12-4-6-14(18)7-5-12)17(24)20-10-13-11-21-23-9-3-8-19-16(13)23/h3-9,11,15H,10H2,1-2H3,(H,20,24)/t15-/m0/s1. The first-order valence-corrected chi connectivity index (χ1v) is 7.53. The summed E-state index contributed by atoms with van der Waals surface area (Å²) in [7, 11) is 3.62. The molecule has 3 rings (SSSR count). The number of carbonyl (C=O) groups is 1. The van der Waals surface area contributed by atoms with Crippen LogP contribution in [0.4, 0.5) is 4.39 Å². The molecule has 2 heterocycles. The molecule has 124 valence electrons. The zero-order chi connectivity index (χ0) is 17.1. The van der Waals surface area contributed by atoms with Crippen molar-refractivity contribution >= 4 is 11.6 Å². The Kier molecular flexibility index (Phi) is 4.52. The summed E-state index contributed by atoms with van der Waals surface area (Å²) in [6, 6.07) is 7.24. The van der Waals surface area contributed by atoms with Crippen molar-refractivity contribution in [2.45, 2.75) is 12.6 Å². The van der Waals surface area contributed by atoms with Gasteiger partial charge in [-0.2, -0.15) is 5.10 Å². The van der Waals surface area contributed by atoms with Gasteiger partial charge in [0.15, 0.2) is 5.65 Å². The van der Waals surface area contributed by atoms with Gasteiger partial charge in [0.1, 0.15) is 11.9 Å². The minimum Gasteiger partial charge on any atom is -0.350 e. The molecule has 0 fully saturated rings. The van der Waals surface area contributed by atoms with Crippen LogP contribution in [0.15, 0.2) is 48.9 Å². The van der Waals surface area contributed by atoms with E-state index in [1.165, 1.54) is 12.1 Å². The highest BCUT2D eigenvalue weighted by molar-refractivity contribution is 5.83. The van der Waals surface area contributed by atoms with Crippen LogP contribution < -0.4 is 5.32 Å². The molecule has 2 aromatic heterocycles. The van der Waals surface area contributed by atoms with Gasteiger partial charge in [-0.3, -0.25) is 9.69 Å². The number of fused-ring (bicyclic) bond motifs is 1. The van der Waals surface area contributed by atoms with E-state index in [9.17, 15) is 9.18 Å². The van der Waals surface area contributed by atoms with Gasteiger partial charge in [-0.15, -0.1) is 0 Å². The number of halogens is 1. The molecule has 0 radical (unpaired) electrons. The van der Waals surface area contributed by atoms with Gasteiger partial charge in [-0.25, -0.2) is 13.9 Å². The number of amides is 1. The zero-order valence-corrected chi connectivity index (χ0v) is 13.5. The summed E-state index contributed by atoms with van der Waals surface area (Å²) < 4.78 is 14.8. The van der Waals surface area contributed by atoms with Crippen LogP contribution >= 0.6 is 0 Å². The maximum absolute atomic E-state index is 13.1. The molecule has 0 bridgehead atoms. The van der Waals surface area contributed by atoms with Crippen molar-refractivity contribution < 1.29 is 9.18 Å². The summed E-state index contributed by atoms with van der Waals surface area (Å²) in [5.74, 6) is -0.490. The quantitative estimate of drug-likeness (QED) is 0.776. The predicted octanol–water partition coefficient (Wildman–Crippen LogP) is 1.79. The molecule has 1 aromatic carbocycles. The Morgan fingerprint density at radius 1 is 1.33 bits per heavy atom. The highest BCUT2D eigenvalue weighted by atomic mass is 19.1. The lowest BCUT2D eigenvalue weighted by atomic mass is 10.1. The minimum atomic E-state index is -0.500. The Morgan fingerprint density at radius 3 is 2.79 bits per heavy atom. The van der Waals surface area contributed by atoms with Crippen molar-refractivity contribution in [3.8, 4) is 0 Å². The minimum absolute atomic E-state index is 0.165. The van der Waals surface area contributed by atoms with Crippen molar-refractivity contribution in [1.82, 2.24) is 24.8 Å². The highest BCUT2D eigenvalue weighted by Gasteiger charge is 2.23. The fourth-order valence-electron chi connectivity index (χ4n) is 2.61. The van der Waals surface area contributed by atoms with Crippen molar-refractivity contribution in [2.75, 3.05) is 14.1 Å². The van der Waals surface area contributed by atoms with Gasteiger partial charge < -0.3 is 5.32 Å². The average molecular weight is 327 g/mol. The third kappa shape index (κ3) is 3.26. The van der Waals surface area contributed by atoms with Crippen LogP contribution in [0.5, 0.6) is 0 Å². The number of nitrogens with zero attached hydrogens (tertiary/aromatic N) is 4. The number of nitrogens with one attached hydrogen (secondary N) is 1. The van der Waals surface area contributed by atoms with Crippen LogP contribution in [0.2, 0.25) is 0 Å². The molecule has 6 nitrogen and oxygen atoms in total. The number of aromatic nitrogens is 3. The zero-order valence-electron chi connectivity index (χ0n) is 13.5. The lowest BCUT2D eigenvalue weighted by Gasteiger charge is -2.23. The lowest BCUT2D eigenvalue weighted by Crippen LogP contribution is -2.36. The fraction of sp³-hybridized carbons (Fsp3) is 0.235. The molecule has 0 saturated carbocycles. The molecule has 1 atom stereocenters. The van der Waals surface area contributed by atoms with Gasteiger partial charge in [-0.1, -0.05) is 12.1 Å². The normalized spacial score (nSPS) is 12.5. The monoisotopic (exact) mass is 327 g/mol. The average Bonchev–Trinajstić information content (AvgIpc) is 2.98. The molecular weight excluding hydrogens is 309 g/mol. The number of carbonyl (C=O) groups excluding carboxylic acids is 1. The predicted molar refractivity (Wildman–Crippen MR) is 87.7 cm³/mol. The summed E-state index contributed by atoms with van der Waals surface area (Å²) in [5, 5.41) is 7.10. The van der Waals surface area contributed by atoms with E-state index in [4.69, 9.17) is 0 Å². The summed E-state index contributed by atoms with van der Waals surface area (Å²) in [6.07, 6.45) is 5.17. The molecule has 1 amide bonds. The number of benzene rings is 1. The third-order valence-electron chi connectivity index (χ3n) is 3.76.